The van der Waals surface area contributed by atoms with Crippen molar-refractivity contribution in [2.24, 2.45) is 17.6 Å². The fourth-order valence-corrected chi connectivity index (χ4v) is 4.34. The number of piperidine rings is 1. The van der Waals surface area contributed by atoms with Gasteiger partial charge in [-0.15, -0.1) is 0 Å². The van der Waals surface area contributed by atoms with Gasteiger partial charge in [0.15, 0.2) is 0 Å². The summed E-state index contributed by atoms with van der Waals surface area (Å²) in [6, 6.07) is 5.56. The largest absolute Gasteiger partial charge is 0.339 e. The number of carbonyl (C=O) groups is 2. The summed E-state index contributed by atoms with van der Waals surface area (Å²) in [6.07, 6.45) is 5.98. The average molecular weight is 372 g/mol. The van der Waals surface area contributed by atoms with Crippen LogP contribution in [-0.2, 0) is 4.79 Å². The lowest BCUT2D eigenvalue weighted by Crippen LogP contribution is -2.51. The van der Waals surface area contributed by atoms with E-state index in [1.54, 1.807) is 0 Å². The monoisotopic (exact) mass is 371 g/mol. The smallest absolute Gasteiger partial charge is 0.253 e. The second-order valence-electron chi connectivity index (χ2n) is 8.80. The lowest BCUT2D eigenvalue weighted by Gasteiger charge is -2.37. The number of nitrogens with two attached hydrogens (primary N) is 1. The standard InChI is InChI=1S/C22H33N3O2/c1-15-9-12-25(13-10-15)21(27)17-7-8-19(16(2)14-17)24-20(26)18-6-4-5-11-22(18,3)23/h7-8,14-15,18H,4-6,9-13,23H2,1-3H3,(H,24,26). The number of benzene rings is 1. The minimum atomic E-state index is -0.447. The predicted octanol–water partition coefficient (Wildman–Crippen LogP) is 3.71. The Morgan fingerprint density at radius 2 is 1.89 bits per heavy atom. The zero-order valence-corrected chi connectivity index (χ0v) is 16.9. The summed E-state index contributed by atoms with van der Waals surface area (Å²) in [7, 11) is 0. The number of anilines is 1. The first kappa shape index (κ1) is 19.9. The normalized spacial score (nSPS) is 26.7. The lowest BCUT2D eigenvalue weighted by atomic mass is 9.74. The molecule has 0 bridgehead atoms. The van der Waals surface area contributed by atoms with Crippen molar-refractivity contribution in [3.63, 3.8) is 0 Å². The van der Waals surface area contributed by atoms with Gasteiger partial charge in [0.1, 0.15) is 0 Å². The highest BCUT2D eigenvalue weighted by atomic mass is 16.2. The Balaban J connectivity index is 1.68. The van der Waals surface area contributed by atoms with Gasteiger partial charge in [0.05, 0.1) is 5.92 Å². The van der Waals surface area contributed by atoms with Crippen LogP contribution in [0.25, 0.3) is 0 Å². The zero-order valence-electron chi connectivity index (χ0n) is 16.9. The Hall–Kier alpha value is -1.88. The lowest BCUT2D eigenvalue weighted by molar-refractivity contribution is -0.122. The summed E-state index contributed by atoms with van der Waals surface area (Å²) in [5, 5.41) is 3.04. The Morgan fingerprint density at radius 1 is 1.19 bits per heavy atom. The van der Waals surface area contributed by atoms with Gasteiger partial charge in [-0.1, -0.05) is 19.8 Å². The number of nitrogens with one attached hydrogen (secondary N) is 1. The molecule has 5 nitrogen and oxygen atoms in total. The molecule has 2 aliphatic rings. The SMILES string of the molecule is Cc1cc(C(=O)N2CCC(C)CC2)ccc1NC(=O)C1CCCCC1(C)N. The Labute approximate surface area is 162 Å². The summed E-state index contributed by atoms with van der Waals surface area (Å²) in [5.74, 6) is 0.611. The maximum Gasteiger partial charge on any atom is 0.253 e. The van der Waals surface area contributed by atoms with Crippen molar-refractivity contribution in [3.05, 3.63) is 29.3 Å². The quantitative estimate of drug-likeness (QED) is 0.850. The first-order chi connectivity index (χ1) is 12.8. The second-order valence-corrected chi connectivity index (χ2v) is 8.80. The van der Waals surface area contributed by atoms with E-state index >= 15 is 0 Å². The van der Waals surface area contributed by atoms with Gasteiger partial charge in [-0.05, 0) is 69.2 Å². The number of hydrogen-bond donors (Lipinski definition) is 2. The van der Waals surface area contributed by atoms with Gasteiger partial charge in [-0.25, -0.2) is 0 Å². The Morgan fingerprint density at radius 3 is 2.52 bits per heavy atom. The van der Waals surface area contributed by atoms with Crippen molar-refractivity contribution < 1.29 is 9.59 Å². The molecule has 0 aromatic heterocycles. The number of carbonyl (C=O) groups excluding carboxylic acids is 2. The molecule has 1 aliphatic carbocycles. The summed E-state index contributed by atoms with van der Waals surface area (Å²) < 4.78 is 0. The van der Waals surface area contributed by atoms with Crippen molar-refractivity contribution >= 4 is 17.5 Å². The molecular formula is C22H33N3O2. The van der Waals surface area contributed by atoms with Gasteiger partial charge in [0, 0.05) is 29.9 Å². The van der Waals surface area contributed by atoms with Gasteiger partial charge >= 0.3 is 0 Å². The van der Waals surface area contributed by atoms with Crippen LogP contribution < -0.4 is 11.1 Å². The van der Waals surface area contributed by atoms with E-state index in [1.165, 1.54) is 0 Å². The molecule has 27 heavy (non-hydrogen) atoms. The number of amides is 2. The van der Waals surface area contributed by atoms with Gasteiger partial charge in [0.25, 0.3) is 5.91 Å². The number of rotatable bonds is 3. The van der Waals surface area contributed by atoms with Crippen molar-refractivity contribution in [3.8, 4) is 0 Å². The van der Waals surface area contributed by atoms with Crippen LogP contribution in [0.4, 0.5) is 5.69 Å². The third-order valence-corrected chi connectivity index (χ3v) is 6.37. The van der Waals surface area contributed by atoms with Crippen molar-refractivity contribution in [1.82, 2.24) is 4.90 Å². The highest BCUT2D eigenvalue weighted by molar-refractivity contribution is 5.97. The van der Waals surface area contributed by atoms with Crippen LogP contribution >= 0.6 is 0 Å². The first-order valence-corrected chi connectivity index (χ1v) is 10.3. The molecule has 2 amide bonds. The molecule has 1 aliphatic heterocycles. The molecule has 3 rings (SSSR count). The number of aryl methyl sites for hydroxylation is 1. The van der Waals surface area contributed by atoms with Crippen LogP contribution in [0.5, 0.6) is 0 Å². The highest BCUT2D eigenvalue weighted by Gasteiger charge is 2.37. The van der Waals surface area contributed by atoms with Gasteiger partial charge in [-0.2, -0.15) is 0 Å². The van der Waals surface area contributed by atoms with Crippen LogP contribution in [0.2, 0.25) is 0 Å². The van der Waals surface area contributed by atoms with E-state index in [2.05, 4.69) is 12.2 Å². The van der Waals surface area contributed by atoms with Crippen molar-refractivity contribution in [2.75, 3.05) is 18.4 Å². The fraction of sp³-hybridized carbons (Fsp3) is 0.636. The molecule has 1 aromatic rings. The molecule has 0 radical (unpaired) electrons. The average Bonchev–Trinajstić information content (AvgIpc) is 2.63. The highest BCUT2D eigenvalue weighted by Crippen LogP contribution is 2.33. The van der Waals surface area contributed by atoms with E-state index in [9.17, 15) is 9.59 Å². The molecule has 2 unspecified atom stereocenters. The topological polar surface area (TPSA) is 75.4 Å². The van der Waals surface area contributed by atoms with Crippen LogP contribution in [0, 0.1) is 18.8 Å². The van der Waals surface area contributed by atoms with E-state index in [-0.39, 0.29) is 17.7 Å². The molecule has 148 valence electrons. The molecule has 1 aromatic carbocycles. The van der Waals surface area contributed by atoms with Crippen molar-refractivity contribution in [1.29, 1.82) is 0 Å². The third-order valence-electron chi connectivity index (χ3n) is 6.37. The molecule has 3 N–H and O–H groups in total. The molecule has 1 heterocycles. The summed E-state index contributed by atoms with van der Waals surface area (Å²) >= 11 is 0. The third kappa shape index (κ3) is 4.52. The Bertz CT molecular complexity index is 706. The van der Waals surface area contributed by atoms with Crippen molar-refractivity contribution in [2.45, 2.75) is 64.8 Å². The van der Waals surface area contributed by atoms with E-state index < -0.39 is 5.54 Å². The van der Waals surface area contributed by atoms with Crippen LogP contribution in [0.1, 0.15) is 68.3 Å². The van der Waals surface area contributed by atoms with Crippen LogP contribution in [0.15, 0.2) is 18.2 Å². The minimum absolute atomic E-state index is 0.00750. The van der Waals surface area contributed by atoms with Crippen LogP contribution in [-0.4, -0.2) is 35.3 Å². The number of hydrogen-bond acceptors (Lipinski definition) is 3. The van der Waals surface area contributed by atoms with E-state index in [0.29, 0.717) is 11.5 Å². The van der Waals surface area contributed by atoms with Gasteiger partial charge < -0.3 is 16.0 Å². The molecule has 1 saturated carbocycles. The molecular weight excluding hydrogens is 338 g/mol. The Kier molecular flexibility index (Phi) is 5.89. The van der Waals surface area contributed by atoms with Gasteiger partial charge in [-0.3, -0.25) is 9.59 Å². The number of nitrogens with zero attached hydrogens (tertiary/aromatic N) is 1. The first-order valence-electron chi connectivity index (χ1n) is 10.3. The van der Waals surface area contributed by atoms with E-state index in [1.807, 2.05) is 36.9 Å². The second kappa shape index (κ2) is 8.01. The van der Waals surface area contributed by atoms with E-state index in [0.717, 1.165) is 62.9 Å². The van der Waals surface area contributed by atoms with Crippen LogP contribution in [0.3, 0.4) is 0 Å². The molecule has 0 spiro atoms. The minimum Gasteiger partial charge on any atom is -0.339 e. The molecule has 2 fully saturated rings. The molecule has 1 saturated heterocycles. The van der Waals surface area contributed by atoms with Gasteiger partial charge in [0.2, 0.25) is 5.91 Å². The maximum absolute atomic E-state index is 12.8. The molecule has 5 heteroatoms. The predicted molar refractivity (Wildman–Crippen MR) is 109 cm³/mol. The summed E-state index contributed by atoms with van der Waals surface area (Å²) in [5.41, 5.74) is 8.29. The van der Waals surface area contributed by atoms with E-state index in [4.69, 9.17) is 5.73 Å². The zero-order chi connectivity index (χ0) is 19.6. The summed E-state index contributed by atoms with van der Waals surface area (Å²) in [6.45, 7) is 7.81. The summed E-state index contributed by atoms with van der Waals surface area (Å²) in [4.78, 5) is 27.5. The fourth-order valence-electron chi connectivity index (χ4n) is 4.34. The molecule has 2 atom stereocenters. The number of likely N-dealkylation sites (tertiary alicyclic amines) is 1. The maximum atomic E-state index is 12.8.